The molecule has 0 bridgehead atoms. The number of hydrogen-bond acceptors (Lipinski definition) is 3. The lowest BCUT2D eigenvalue weighted by Gasteiger charge is -2.27. The minimum Gasteiger partial charge on any atom is -0.462 e. The van der Waals surface area contributed by atoms with Gasteiger partial charge in [0.15, 0.2) is 0 Å². The second-order valence-corrected chi connectivity index (χ2v) is 6.03. The Morgan fingerprint density at radius 1 is 1.44 bits per heavy atom. The first-order valence-corrected chi connectivity index (χ1v) is 7.07. The standard InChI is InChI=1S/C13H22O2S/c1-10-3-2-4-11(7-10)15-12(14)8-13(9-16)5-6-13/h10-11,16H,2-9H2,1H3. The van der Waals surface area contributed by atoms with Crippen LogP contribution in [0.2, 0.25) is 0 Å². The van der Waals surface area contributed by atoms with Crippen molar-refractivity contribution >= 4 is 18.6 Å². The van der Waals surface area contributed by atoms with Crippen molar-refractivity contribution in [3.8, 4) is 0 Å². The molecule has 0 aromatic rings. The van der Waals surface area contributed by atoms with E-state index in [0.29, 0.717) is 12.3 Å². The minimum atomic E-state index is 0.00523. The van der Waals surface area contributed by atoms with Crippen LogP contribution in [-0.2, 0) is 9.53 Å². The Morgan fingerprint density at radius 2 is 2.19 bits per heavy atom. The van der Waals surface area contributed by atoms with Gasteiger partial charge in [-0.2, -0.15) is 12.6 Å². The molecule has 16 heavy (non-hydrogen) atoms. The Labute approximate surface area is 104 Å². The molecule has 0 aromatic heterocycles. The fourth-order valence-corrected chi connectivity index (χ4v) is 3.01. The Kier molecular flexibility index (Phi) is 3.83. The van der Waals surface area contributed by atoms with Crippen molar-refractivity contribution in [1.82, 2.24) is 0 Å². The van der Waals surface area contributed by atoms with E-state index in [-0.39, 0.29) is 17.5 Å². The minimum absolute atomic E-state index is 0.00523. The van der Waals surface area contributed by atoms with Crippen LogP contribution in [0.5, 0.6) is 0 Å². The zero-order valence-corrected chi connectivity index (χ0v) is 11.0. The van der Waals surface area contributed by atoms with Crippen molar-refractivity contribution in [2.24, 2.45) is 11.3 Å². The molecule has 92 valence electrons. The highest BCUT2D eigenvalue weighted by Crippen LogP contribution is 2.49. The SMILES string of the molecule is CC1CCCC(OC(=O)CC2(CS)CC2)C1. The molecule has 2 aliphatic rings. The zero-order valence-electron chi connectivity index (χ0n) is 10.1. The normalized spacial score (nSPS) is 32.1. The van der Waals surface area contributed by atoms with Crippen LogP contribution in [0.1, 0.15) is 51.9 Å². The molecule has 0 aliphatic heterocycles. The van der Waals surface area contributed by atoms with Crippen LogP contribution in [0.25, 0.3) is 0 Å². The van der Waals surface area contributed by atoms with Gasteiger partial charge in [0, 0.05) is 0 Å². The topological polar surface area (TPSA) is 26.3 Å². The number of thiol groups is 1. The van der Waals surface area contributed by atoms with Crippen molar-refractivity contribution in [3.63, 3.8) is 0 Å². The molecule has 2 fully saturated rings. The molecule has 3 heteroatoms. The largest absolute Gasteiger partial charge is 0.462 e. The van der Waals surface area contributed by atoms with Crippen LogP contribution in [0.3, 0.4) is 0 Å². The summed E-state index contributed by atoms with van der Waals surface area (Å²) in [7, 11) is 0. The molecule has 2 atom stereocenters. The van der Waals surface area contributed by atoms with Gasteiger partial charge in [-0.05, 0) is 49.2 Å². The van der Waals surface area contributed by atoms with Gasteiger partial charge < -0.3 is 4.74 Å². The van der Waals surface area contributed by atoms with Crippen LogP contribution in [0.4, 0.5) is 0 Å². The Bertz CT molecular complexity index is 261. The molecular weight excluding hydrogens is 220 g/mol. The third-order valence-electron chi connectivity index (χ3n) is 4.00. The highest BCUT2D eigenvalue weighted by Gasteiger charge is 2.43. The van der Waals surface area contributed by atoms with Gasteiger partial charge in [0.1, 0.15) is 6.10 Å². The number of esters is 1. The monoisotopic (exact) mass is 242 g/mol. The van der Waals surface area contributed by atoms with E-state index in [0.717, 1.165) is 31.4 Å². The lowest BCUT2D eigenvalue weighted by atomic mass is 9.88. The van der Waals surface area contributed by atoms with E-state index in [1.165, 1.54) is 12.8 Å². The molecular formula is C13H22O2S. The second-order valence-electron chi connectivity index (χ2n) is 5.72. The lowest BCUT2D eigenvalue weighted by molar-refractivity contribution is -0.152. The summed E-state index contributed by atoms with van der Waals surface area (Å²) >= 11 is 4.31. The average Bonchev–Trinajstić information content (AvgIpc) is 2.98. The summed E-state index contributed by atoms with van der Waals surface area (Å²) in [5, 5.41) is 0. The van der Waals surface area contributed by atoms with Crippen LogP contribution in [-0.4, -0.2) is 17.8 Å². The average molecular weight is 242 g/mol. The van der Waals surface area contributed by atoms with Crippen molar-refractivity contribution in [3.05, 3.63) is 0 Å². The van der Waals surface area contributed by atoms with Crippen molar-refractivity contribution in [1.29, 1.82) is 0 Å². The van der Waals surface area contributed by atoms with E-state index < -0.39 is 0 Å². The lowest BCUT2D eigenvalue weighted by Crippen LogP contribution is -2.26. The summed E-state index contributed by atoms with van der Waals surface area (Å²) in [6, 6.07) is 0. The molecule has 0 heterocycles. The predicted molar refractivity (Wildman–Crippen MR) is 67.6 cm³/mol. The van der Waals surface area contributed by atoms with Crippen LogP contribution >= 0.6 is 12.6 Å². The van der Waals surface area contributed by atoms with Gasteiger partial charge in [0.05, 0.1) is 6.42 Å². The smallest absolute Gasteiger partial charge is 0.306 e. The van der Waals surface area contributed by atoms with Gasteiger partial charge in [-0.15, -0.1) is 0 Å². The van der Waals surface area contributed by atoms with Crippen LogP contribution < -0.4 is 0 Å². The third-order valence-corrected chi connectivity index (χ3v) is 4.67. The maximum Gasteiger partial charge on any atom is 0.306 e. The summed E-state index contributed by atoms with van der Waals surface area (Å²) in [6.07, 6.45) is 7.67. The number of ether oxygens (including phenoxy) is 1. The van der Waals surface area contributed by atoms with Gasteiger partial charge >= 0.3 is 5.97 Å². The van der Waals surface area contributed by atoms with Crippen molar-refractivity contribution in [2.75, 3.05) is 5.75 Å². The quantitative estimate of drug-likeness (QED) is 0.605. The van der Waals surface area contributed by atoms with Gasteiger partial charge in [-0.3, -0.25) is 4.79 Å². The fraction of sp³-hybridized carbons (Fsp3) is 0.923. The first-order chi connectivity index (χ1) is 7.63. The van der Waals surface area contributed by atoms with Crippen molar-refractivity contribution < 1.29 is 9.53 Å². The van der Waals surface area contributed by atoms with Crippen molar-refractivity contribution in [2.45, 2.75) is 58.0 Å². The fourth-order valence-electron chi connectivity index (χ4n) is 2.59. The number of carbonyl (C=O) groups excluding carboxylic acids is 1. The molecule has 2 saturated carbocycles. The molecule has 2 unspecified atom stereocenters. The number of rotatable bonds is 4. The van der Waals surface area contributed by atoms with E-state index in [9.17, 15) is 4.79 Å². The van der Waals surface area contributed by atoms with E-state index in [1.54, 1.807) is 0 Å². The molecule has 0 spiro atoms. The number of hydrogen-bond donors (Lipinski definition) is 1. The van der Waals surface area contributed by atoms with Gasteiger partial charge in [0.25, 0.3) is 0 Å². The van der Waals surface area contributed by atoms with E-state index in [1.807, 2.05) is 0 Å². The summed E-state index contributed by atoms with van der Waals surface area (Å²) < 4.78 is 5.57. The summed E-state index contributed by atoms with van der Waals surface area (Å²) in [6.45, 7) is 2.25. The Hall–Kier alpha value is -0.180. The molecule has 0 saturated heterocycles. The Balaban J connectivity index is 1.74. The van der Waals surface area contributed by atoms with Gasteiger partial charge in [-0.25, -0.2) is 0 Å². The zero-order chi connectivity index (χ0) is 11.6. The maximum atomic E-state index is 11.8. The molecule has 0 amide bonds. The maximum absolute atomic E-state index is 11.8. The van der Waals surface area contributed by atoms with Gasteiger partial charge in [0.2, 0.25) is 0 Å². The predicted octanol–water partition coefficient (Wildman–Crippen LogP) is 3.21. The molecule has 2 aliphatic carbocycles. The molecule has 2 rings (SSSR count). The summed E-state index contributed by atoms with van der Waals surface area (Å²) in [5.41, 5.74) is 0.195. The highest BCUT2D eigenvalue weighted by molar-refractivity contribution is 7.80. The second kappa shape index (κ2) is 4.99. The molecule has 0 aromatic carbocycles. The summed E-state index contributed by atoms with van der Waals surface area (Å²) in [5.74, 6) is 1.54. The van der Waals surface area contributed by atoms with E-state index in [2.05, 4.69) is 19.6 Å². The summed E-state index contributed by atoms with van der Waals surface area (Å²) in [4.78, 5) is 11.8. The molecule has 0 radical (unpaired) electrons. The van der Waals surface area contributed by atoms with Crippen LogP contribution in [0.15, 0.2) is 0 Å². The highest BCUT2D eigenvalue weighted by atomic mass is 32.1. The Morgan fingerprint density at radius 3 is 2.75 bits per heavy atom. The third kappa shape index (κ3) is 3.16. The molecule has 2 nitrogen and oxygen atoms in total. The van der Waals surface area contributed by atoms with E-state index in [4.69, 9.17) is 4.74 Å². The van der Waals surface area contributed by atoms with Crippen LogP contribution in [0, 0.1) is 11.3 Å². The van der Waals surface area contributed by atoms with E-state index >= 15 is 0 Å². The molecule has 0 N–H and O–H groups in total. The number of carbonyl (C=O) groups is 1. The van der Waals surface area contributed by atoms with Gasteiger partial charge in [-0.1, -0.05) is 13.3 Å². The first-order valence-electron chi connectivity index (χ1n) is 6.44. The first kappa shape index (κ1) is 12.3.